The summed E-state index contributed by atoms with van der Waals surface area (Å²) in [6.45, 7) is 0. The van der Waals surface area contributed by atoms with Crippen LogP contribution in [0.3, 0.4) is 0 Å². The van der Waals surface area contributed by atoms with Crippen molar-refractivity contribution in [1.29, 1.82) is 0 Å². The molecule has 0 saturated heterocycles. The van der Waals surface area contributed by atoms with Crippen LogP contribution < -0.4 is 0 Å². The van der Waals surface area contributed by atoms with E-state index in [4.69, 9.17) is 5.11 Å². The number of carboxylic acids is 1. The van der Waals surface area contributed by atoms with E-state index in [1.54, 1.807) is 12.1 Å². The molecule has 0 atom stereocenters. The monoisotopic (exact) mass is 252 g/mol. The summed E-state index contributed by atoms with van der Waals surface area (Å²) < 4.78 is 0.891. The fourth-order valence-corrected chi connectivity index (χ4v) is 1.46. The van der Waals surface area contributed by atoms with Crippen LogP contribution in [0.1, 0.15) is 10.5 Å². The van der Waals surface area contributed by atoms with Crippen molar-refractivity contribution >= 4 is 32.8 Å². The molecular weight excluding hydrogens is 248 g/mol. The Morgan fingerprint density at radius 1 is 1.29 bits per heavy atom. The Hall–Kier alpha value is -1.49. The van der Waals surface area contributed by atoms with Gasteiger partial charge in [0.2, 0.25) is 0 Å². The summed E-state index contributed by atoms with van der Waals surface area (Å²) in [5, 5.41) is 16.8. The number of nitrogens with zero attached hydrogens (tertiary/aromatic N) is 2. The van der Waals surface area contributed by atoms with Gasteiger partial charge in [0, 0.05) is 9.86 Å². The third kappa shape index (κ3) is 1.58. The Labute approximate surface area is 87.7 Å². The number of fused-ring (bicyclic) bond motifs is 1. The molecule has 0 aliphatic carbocycles. The van der Waals surface area contributed by atoms with Gasteiger partial charge in [-0.3, -0.25) is 0 Å². The number of halogens is 1. The minimum absolute atomic E-state index is 0.0418. The Kier molecular flexibility index (Phi) is 2.17. The molecule has 4 nitrogen and oxygen atoms in total. The third-order valence-corrected chi connectivity index (χ3v) is 2.26. The third-order valence-electron chi connectivity index (χ3n) is 1.77. The van der Waals surface area contributed by atoms with Crippen molar-refractivity contribution in [3.8, 4) is 0 Å². The summed E-state index contributed by atoms with van der Waals surface area (Å²) in [6.07, 6.45) is 0. The van der Waals surface area contributed by atoms with Crippen LogP contribution in [-0.4, -0.2) is 21.3 Å². The van der Waals surface area contributed by atoms with Gasteiger partial charge in [0.05, 0.1) is 5.52 Å². The highest BCUT2D eigenvalue weighted by atomic mass is 79.9. The highest BCUT2D eigenvalue weighted by molar-refractivity contribution is 9.10. The van der Waals surface area contributed by atoms with E-state index in [0.29, 0.717) is 5.52 Å². The second-order valence-electron chi connectivity index (χ2n) is 2.74. The molecule has 70 valence electrons. The molecule has 0 aliphatic heterocycles. The molecule has 1 heterocycles. The number of aromatic carboxylic acids is 1. The first kappa shape index (κ1) is 9.08. The Balaban J connectivity index is 2.67. The van der Waals surface area contributed by atoms with E-state index in [-0.39, 0.29) is 5.69 Å². The first-order valence-electron chi connectivity index (χ1n) is 3.83. The molecule has 0 saturated carbocycles. The Bertz CT molecular complexity index is 513. The van der Waals surface area contributed by atoms with E-state index in [2.05, 4.69) is 26.1 Å². The SMILES string of the molecule is O=C(O)c1cc2ccc(Br)cc2nn1. The number of hydrogen-bond donors (Lipinski definition) is 1. The zero-order valence-electron chi connectivity index (χ0n) is 6.94. The molecule has 14 heavy (non-hydrogen) atoms. The van der Waals surface area contributed by atoms with Gasteiger partial charge in [-0.15, -0.1) is 10.2 Å². The summed E-state index contributed by atoms with van der Waals surface area (Å²) in [4.78, 5) is 10.6. The molecule has 0 radical (unpaired) electrons. The summed E-state index contributed by atoms with van der Waals surface area (Å²) in [6, 6.07) is 6.90. The van der Waals surface area contributed by atoms with Gasteiger partial charge in [-0.1, -0.05) is 22.0 Å². The minimum atomic E-state index is -1.07. The van der Waals surface area contributed by atoms with Crippen LogP contribution in [0.2, 0.25) is 0 Å². The van der Waals surface area contributed by atoms with Gasteiger partial charge in [0.25, 0.3) is 0 Å². The van der Waals surface area contributed by atoms with E-state index in [9.17, 15) is 4.79 Å². The number of carboxylic acid groups (broad SMARTS) is 1. The molecule has 0 spiro atoms. The number of rotatable bonds is 1. The zero-order valence-corrected chi connectivity index (χ0v) is 8.52. The maximum atomic E-state index is 10.6. The highest BCUT2D eigenvalue weighted by Crippen LogP contribution is 2.17. The number of aromatic nitrogens is 2. The van der Waals surface area contributed by atoms with Crippen molar-refractivity contribution in [2.45, 2.75) is 0 Å². The molecular formula is C9H5BrN2O2. The molecule has 1 N–H and O–H groups in total. The molecule has 0 amide bonds. The molecule has 1 aromatic heterocycles. The first-order valence-corrected chi connectivity index (χ1v) is 4.62. The van der Waals surface area contributed by atoms with Crippen molar-refractivity contribution in [1.82, 2.24) is 10.2 Å². The van der Waals surface area contributed by atoms with E-state index < -0.39 is 5.97 Å². The van der Waals surface area contributed by atoms with Crippen LogP contribution >= 0.6 is 15.9 Å². The van der Waals surface area contributed by atoms with Crippen LogP contribution in [0.25, 0.3) is 10.9 Å². The standard InChI is InChI=1S/C9H5BrN2O2/c10-6-2-1-5-3-8(9(13)14)12-11-7(5)4-6/h1-4H,(H,13,14). The predicted molar refractivity (Wildman–Crippen MR) is 54.2 cm³/mol. The second-order valence-corrected chi connectivity index (χ2v) is 3.65. The second kappa shape index (κ2) is 3.34. The molecule has 0 bridgehead atoms. The zero-order chi connectivity index (χ0) is 10.1. The lowest BCUT2D eigenvalue weighted by molar-refractivity contribution is 0.0689. The number of hydrogen-bond acceptors (Lipinski definition) is 3. The van der Waals surface area contributed by atoms with Crippen LogP contribution in [0, 0.1) is 0 Å². The predicted octanol–water partition coefficient (Wildman–Crippen LogP) is 2.09. The van der Waals surface area contributed by atoms with Gasteiger partial charge in [-0.05, 0) is 18.2 Å². The lowest BCUT2D eigenvalue weighted by Gasteiger charge is -1.97. The van der Waals surface area contributed by atoms with E-state index in [1.807, 2.05) is 6.07 Å². The molecule has 5 heteroatoms. The largest absolute Gasteiger partial charge is 0.476 e. The molecule has 2 aromatic rings. The summed E-state index contributed by atoms with van der Waals surface area (Å²) in [7, 11) is 0. The normalized spacial score (nSPS) is 10.4. The van der Waals surface area contributed by atoms with E-state index >= 15 is 0 Å². The fourth-order valence-electron chi connectivity index (χ4n) is 1.11. The molecule has 2 rings (SSSR count). The maximum Gasteiger partial charge on any atom is 0.356 e. The Morgan fingerprint density at radius 3 is 2.79 bits per heavy atom. The number of carbonyl (C=O) groups is 1. The van der Waals surface area contributed by atoms with Crippen LogP contribution in [-0.2, 0) is 0 Å². The Morgan fingerprint density at radius 2 is 2.07 bits per heavy atom. The molecule has 0 aliphatic rings. The van der Waals surface area contributed by atoms with Gasteiger partial charge in [0.15, 0.2) is 5.69 Å². The fraction of sp³-hybridized carbons (Fsp3) is 0. The van der Waals surface area contributed by atoms with Gasteiger partial charge in [-0.25, -0.2) is 4.79 Å². The lowest BCUT2D eigenvalue weighted by Crippen LogP contribution is -2.01. The van der Waals surface area contributed by atoms with E-state index in [0.717, 1.165) is 9.86 Å². The van der Waals surface area contributed by atoms with Crippen molar-refractivity contribution in [2.24, 2.45) is 0 Å². The van der Waals surface area contributed by atoms with Gasteiger partial charge in [-0.2, -0.15) is 0 Å². The molecule has 1 aromatic carbocycles. The average molecular weight is 253 g/mol. The molecule has 0 fully saturated rings. The van der Waals surface area contributed by atoms with Crippen LogP contribution in [0.15, 0.2) is 28.7 Å². The van der Waals surface area contributed by atoms with Gasteiger partial charge in [0.1, 0.15) is 0 Å². The summed E-state index contributed by atoms with van der Waals surface area (Å²) in [5.74, 6) is -1.07. The van der Waals surface area contributed by atoms with Crippen LogP contribution in [0.4, 0.5) is 0 Å². The van der Waals surface area contributed by atoms with Crippen molar-refractivity contribution in [3.63, 3.8) is 0 Å². The smallest absolute Gasteiger partial charge is 0.356 e. The highest BCUT2D eigenvalue weighted by Gasteiger charge is 2.06. The topological polar surface area (TPSA) is 63.1 Å². The lowest BCUT2D eigenvalue weighted by atomic mass is 10.2. The van der Waals surface area contributed by atoms with Crippen molar-refractivity contribution < 1.29 is 9.90 Å². The van der Waals surface area contributed by atoms with E-state index in [1.165, 1.54) is 6.07 Å². The summed E-state index contributed by atoms with van der Waals surface area (Å²) in [5.41, 5.74) is 0.629. The summed E-state index contributed by atoms with van der Waals surface area (Å²) >= 11 is 3.30. The minimum Gasteiger partial charge on any atom is -0.476 e. The van der Waals surface area contributed by atoms with Crippen molar-refractivity contribution in [2.75, 3.05) is 0 Å². The van der Waals surface area contributed by atoms with Crippen molar-refractivity contribution in [3.05, 3.63) is 34.4 Å². The molecule has 0 unspecified atom stereocenters. The number of benzene rings is 1. The first-order chi connectivity index (χ1) is 6.66. The van der Waals surface area contributed by atoms with Gasteiger partial charge >= 0.3 is 5.97 Å². The van der Waals surface area contributed by atoms with Crippen LogP contribution in [0.5, 0.6) is 0 Å². The average Bonchev–Trinajstić information content (AvgIpc) is 2.16. The quantitative estimate of drug-likeness (QED) is 0.845. The maximum absolute atomic E-state index is 10.6. The van der Waals surface area contributed by atoms with Gasteiger partial charge < -0.3 is 5.11 Å².